The summed E-state index contributed by atoms with van der Waals surface area (Å²) in [5.41, 5.74) is 5.05. The zero-order chi connectivity index (χ0) is 21.6. The first-order valence-corrected chi connectivity index (χ1v) is 10.5. The van der Waals surface area contributed by atoms with E-state index >= 15 is 0 Å². The lowest BCUT2D eigenvalue weighted by molar-refractivity contribution is 0.423. The monoisotopic (exact) mass is 390 g/mol. The van der Waals surface area contributed by atoms with Crippen LogP contribution in [0, 0.1) is 0 Å². The smallest absolute Gasteiger partial charge is 0.126 e. The fraction of sp³-hybridized carbons (Fsp3) is 0.407. The van der Waals surface area contributed by atoms with Crippen LogP contribution in [-0.4, -0.2) is 10.2 Å². The summed E-state index contributed by atoms with van der Waals surface area (Å²) < 4.78 is 0. The summed E-state index contributed by atoms with van der Waals surface area (Å²) in [5, 5.41) is 23.7. The van der Waals surface area contributed by atoms with Crippen molar-refractivity contribution in [2.24, 2.45) is 0 Å². The predicted molar refractivity (Wildman–Crippen MR) is 123 cm³/mol. The highest BCUT2D eigenvalue weighted by atomic mass is 16.3. The third-order valence-electron chi connectivity index (χ3n) is 5.74. The maximum Gasteiger partial charge on any atom is 0.126 e. The summed E-state index contributed by atoms with van der Waals surface area (Å²) in [4.78, 5) is 0. The maximum atomic E-state index is 11.0. The van der Waals surface area contributed by atoms with E-state index in [0.717, 1.165) is 40.3 Å². The molecule has 0 fully saturated rings. The van der Waals surface area contributed by atoms with Crippen LogP contribution in [0.3, 0.4) is 0 Å². The number of hydrogen-bond acceptors (Lipinski definition) is 2. The number of rotatable bonds is 3. The Bertz CT molecular complexity index is 1010. The van der Waals surface area contributed by atoms with Crippen LogP contribution in [0.5, 0.6) is 11.5 Å². The molecular weight excluding hydrogens is 356 g/mol. The molecule has 3 aromatic carbocycles. The van der Waals surface area contributed by atoms with Crippen LogP contribution in [0.4, 0.5) is 0 Å². The van der Waals surface area contributed by atoms with E-state index in [9.17, 15) is 10.2 Å². The van der Waals surface area contributed by atoms with Gasteiger partial charge < -0.3 is 10.2 Å². The zero-order valence-electron chi connectivity index (χ0n) is 18.9. The lowest BCUT2D eigenvalue weighted by Crippen LogP contribution is -2.18. The zero-order valence-corrected chi connectivity index (χ0v) is 18.9. The van der Waals surface area contributed by atoms with Crippen molar-refractivity contribution >= 4 is 10.8 Å². The number of phenolic OH excluding ortho intramolecular Hbond substituents is 2. The summed E-state index contributed by atoms with van der Waals surface area (Å²) in [7, 11) is 0. The second-order valence-electron chi connectivity index (χ2n) is 10.2. The van der Waals surface area contributed by atoms with Gasteiger partial charge in [0.1, 0.15) is 11.5 Å². The van der Waals surface area contributed by atoms with Gasteiger partial charge in [-0.3, -0.25) is 0 Å². The van der Waals surface area contributed by atoms with Crippen LogP contribution in [0.25, 0.3) is 10.8 Å². The number of aryl methyl sites for hydroxylation is 1. The van der Waals surface area contributed by atoms with Crippen LogP contribution in [-0.2, 0) is 23.7 Å². The van der Waals surface area contributed by atoms with E-state index in [1.54, 1.807) is 0 Å². The van der Waals surface area contributed by atoms with Gasteiger partial charge >= 0.3 is 0 Å². The first kappa shape index (κ1) is 21.2. The molecule has 3 aromatic rings. The van der Waals surface area contributed by atoms with E-state index in [4.69, 9.17) is 0 Å². The molecular formula is C27H34O2. The number of benzene rings is 3. The molecule has 0 aliphatic carbocycles. The Morgan fingerprint density at radius 2 is 1.21 bits per heavy atom. The Hall–Kier alpha value is -2.48. The summed E-state index contributed by atoms with van der Waals surface area (Å²) in [5.74, 6) is 0.807. The highest BCUT2D eigenvalue weighted by Gasteiger charge is 2.26. The highest BCUT2D eigenvalue weighted by Crippen LogP contribution is 2.41. The van der Waals surface area contributed by atoms with Gasteiger partial charge in [0.15, 0.2) is 0 Å². The molecule has 0 saturated heterocycles. The lowest BCUT2D eigenvalue weighted by atomic mass is 9.77. The van der Waals surface area contributed by atoms with E-state index in [1.165, 1.54) is 11.1 Å². The number of hydrogen-bond donors (Lipinski definition) is 2. The van der Waals surface area contributed by atoms with Crippen molar-refractivity contribution in [2.75, 3.05) is 0 Å². The van der Waals surface area contributed by atoms with Gasteiger partial charge in [0, 0.05) is 5.39 Å². The van der Waals surface area contributed by atoms with Crippen LogP contribution in [0.1, 0.15) is 76.3 Å². The number of fused-ring (bicyclic) bond motifs is 1. The number of aromatic hydroxyl groups is 2. The Labute approximate surface area is 175 Å². The summed E-state index contributed by atoms with van der Waals surface area (Å²) in [6.07, 6.45) is 1.56. The third kappa shape index (κ3) is 4.12. The molecule has 2 heteroatoms. The minimum absolute atomic E-state index is 0.147. The fourth-order valence-electron chi connectivity index (χ4n) is 4.07. The normalized spacial score (nSPS) is 12.5. The van der Waals surface area contributed by atoms with Crippen LogP contribution in [0.2, 0.25) is 0 Å². The first-order chi connectivity index (χ1) is 13.4. The van der Waals surface area contributed by atoms with E-state index in [-0.39, 0.29) is 10.8 Å². The molecule has 0 radical (unpaired) electrons. The summed E-state index contributed by atoms with van der Waals surface area (Å²) in [6.45, 7) is 14.9. The molecule has 3 rings (SSSR count). The van der Waals surface area contributed by atoms with Crippen LogP contribution >= 0.6 is 0 Å². The van der Waals surface area contributed by atoms with Gasteiger partial charge in [-0.25, -0.2) is 0 Å². The molecule has 154 valence electrons. The van der Waals surface area contributed by atoms with Crippen molar-refractivity contribution in [2.45, 2.75) is 72.1 Å². The third-order valence-corrected chi connectivity index (χ3v) is 5.74. The Kier molecular flexibility index (Phi) is 5.42. The Morgan fingerprint density at radius 1 is 0.690 bits per heavy atom. The predicted octanol–water partition coefficient (Wildman–Crippen LogP) is 7.00. The average Bonchev–Trinajstić information content (AvgIpc) is 2.63. The van der Waals surface area contributed by atoms with Crippen LogP contribution < -0.4 is 0 Å². The number of phenols is 2. The van der Waals surface area contributed by atoms with Gasteiger partial charge in [0.2, 0.25) is 0 Å². The van der Waals surface area contributed by atoms with E-state index in [2.05, 4.69) is 72.7 Å². The summed E-state index contributed by atoms with van der Waals surface area (Å²) >= 11 is 0. The lowest BCUT2D eigenvalue weighted by Gasteiger charge is -2.28. The Morgan fingerprint density at radius 3 is 1.69 bits per heavy atom. The largest absolute Gasteiger partial charge is 0.507 e. The standard InChI is InChI=1S/C27H34O2/c1-8-18-16-19(20-11-9-10-12-21(20)24(18)28)13-17-14-22(26(2,3)4)25(29)23(15-17)27(5,6)7/h9-12,14-16,28-29H,8,13H2,1-7H3. The summed E-state index contributed by atoms with van der Waals surface area (Å²) in [6, 6.07) is 14.5. The van der Waals surface area contributed by atoms with Gasteiger partial charge in [0.05, 0.1) is 0 Å². The molecule has 0 atom stereocenters. The van der Waals surface area contributed by atoms with Crippen LogP contribution in [0.15, 0.2) is 42.5 Å². The molecule has 0 unspecified atom stereocenters. The van der Waals surface area contributed by atoms with Gasteiger partial charge in [-0.15, -0.1) is 0 Å². The second-order valence-corrected chi connectivity index (χ2v) is 10.2. The SMILES string of the molecule is CCc1cc(Cc2cc(C(C)(C)C)c(O)c(C(C)(C)C)c2)c2ccccc2c1O. The van der Waals surface area contributed by atoms with E-state index < -0.39 is 0 Å². The molecule has 0 aliphatic rings. The molecule has 2 N–H and O–H groups in total. The minimum atomic E-state index is -0.147. The van der Waals surface area contributed by atoms with Crippen molar-refractivity contribution in [3.63, 3.8) is 0 Å². The van der Waals surface area contributed by atoms with Gasteiger partial charge in [-0.1, -0.05) is 90.9 Å². The molecule has 0 heterocycles. The molecule has 0 amide bonds. The molecule has 0 aliphatic heterocycles. The van der Waals surface area contributed by atoms with Crippen molar-refractivity contribution in [1.29, 1.82) is 0 Å². The average molecular weight is 391 g/mol. The van der Waals surface area contributed by atoms with Gasteiger partial charge in [-0.05, 0) is 56.9 Å². The van der Waals surface area contributed by atoms with Crippen molar-refractivity contribution < 1.29 is 10.2 Å². The van der Waals surface area contributed by atoms with Gasteiger partial charge in [0.25, 0.3) is 0 Å². The highest BCUT2D eigenvalue weighted by molar-refractivity contribution is 5.92. The molecule has 0 aromatic heterocycles. The first-order valence-electron chi connectivity index (χ1n) is 10.5. The van der Waals surface area contributed by atoms with Gasteiger partial charge in [-0.2, -0.15) is 0 Å². The fourth-order valence-corrected chi connectivity index (χ4v) is 4.07. The molecule has 0 spiro atoms. The van der Waals surface area contributed by atoms with Crippen molar-refractivity contribution in [1.82, 2.24) is 0 Å². The van der Waals surface area contributed by atoms with E-state index in [0.29, 0.717) is 11.5 Å². The Balaban J connectivity index is 2.22. The maximum absolute atomic E-state index is 11.0. The van der Waals surface area contributed by atoms with E-state index in [1.807, 2.05) is 18.2 Å². The molecule has 29 heavy (non-hydrogen) atoms. The quantitative estimate of drug-likeness (QED) is 0.505. The molecule has 2 nitrogen and oxygen atoms in total. The minimum Gasteiger partial charge on any atom is -0.507 e. The molecule has 0 bridgehead atoms. The molecule has 0 saturated carbocycles. The van der Waals surface area contributed by atoms with Crippen molar-refractivity contribution in [3.8, 4) is 11.5 Å². The second kappa shape index (κ2) is 7.40. The topological polar surface area (TPSA) is 40.5 Å². The van der Waals surface area contributed by atoms with Crippen molar-refractivity contribution in [3.05, 3.63) is 70.3 Å².